The average Bonchev–Trinajstić information content (AvgIpc) is 2.55. The van der Waals surface area contributed by atoms with Gasteiger partial charge in [0.2, 0.25) is 5.91 Å². The van der Waals surface area contributed by atoms with Crippen LogP contribution in [0, 0.1) is 6.92 Å². The summed E-state index contributed by atoms with van der Waals surface area (Å²) in [5.41, 5.74) is 2.21. The van der Waals surface area contributed by atoms with E-state index in [0.29, 0.717) is 24.5 Å². The van der Waals surface area contributed by atoms with Crippen molar-refractivity contribution in [1.29, 1.82) is 0 Å². The van der Waals surface area contributed by atoms with Crippen LogP contribution in [0.5, 0.6) is 0 Å². The monoisotopic (exact) mass is 347 g/mol. The van der Waals surface area contributed by atoms with Gasteiger partial charge in [0, 0.05) is 30.6 Å². The molecule has 1 heterocycles. The van der Waals surface area contributed by atoms with Gasteiger partial charge in [-0.2, -0.15) is 5.10 Å². The molecule has 2 rings (SSSR count). The third kappa shape index (κ3) is 4.23. The van der Waals surface area contributed by atoms with Crippen molar-refractivity contribution in [2.45, 2.75) is 33.7 Å². The van der Waals surface area contributed by atoms with Crippen LogP contribution in [0.4, 0.5) is 0 Å². The van der Waals surface area contributed by atoms with Crippen LogP contribution in [-0.4, -0.2) is 33.7 Å². The minimum Gasteiger partial charge on any atom is -0.342 e. The number of rotatable bonds is 6. The molecule has 0 unspecified atom stereocenters. The summed E-state index contributed by atoms with van der Waals surface area (Å²) in [7, 11) is 0. The zero-order valence-corrected chi connectivity index (χ0v) is 15.0. The number of hydrogen-bond acceptors (Lipinski definition) is 3. The van der Waals surface area contributed by atoms with Crippen LogP contribution in [0.2, 0.25) is 5.02 Å². The van der Waals surface area contributed by atoms with Crippen molar-refractivity contribution >= 4 is 17.5 Å². The normalized spacial score (nSPS) is 10.7. The largest absolute Gasteiger partial charge is 0.342 e. The molecule has 6 heteroatoms. The van der Waals surface area contributed by atoms with Gasteiger partial charge in [0.25, 0.3) is 5.56 Å². The molecule has 0 aliphatic rings. The van der Waals surface area contributed by atoms with Gasteiger partial charge in [0.15, 0.2) is 0 Å². The molecule has 1 aromatic carbocycles. The second kappa shape index (κ2) is 8.11. The van der Waals surface area contributed by atoms with Gasteiger partial charge in [-0.1, -0.05) is 29.8 Å². The summed E-state index contributed by atoms with van der Waals surface area (Å²) in [5.74, 6) is -0.104. The van der Waals surface area contributed by atoms with Crippen molar-refractivity contribution in [3.63, 3.8) is 0 Å². The molecule has 0 bridgehead atoms. The maximum absolute atomic E-state index is 12.3. The van der Waals surface area contributed by atoms with Gasteiger partial charge in [0.05, 0.1) is 5.69 Å². The predicted octanol–water partition coefficient (Wildman–Crippen LogP) is 2.66. The second-order valence-electron chi connectivity index (χ2n) is 5.59. The topological polar surface area (TPSA) is 55.2 Å². The molecule has 0 N–H and O–H groups in total. The van der Waals surface area contributed by atoms with Crippen molar-refractivity contribution in [1.82, 2.24) is 14.7 Å². The minimum atomic E-state index is -0.275. The molecular weight excluding hydrogens is 326 g/mol. The number of halogens is 1. The Balaban J connectivity index is 2.24. The van der Waals surface area contributed by atoms with E-state index in [1.54, 1.807) is 11.0 Å². The molecule has 0 aliphatic carbocycles. The fraction of sp³-hybridized carbons (Fsp3) is 0.389. The summed E-state index contributed by atoms with van der Waals surface area (Å²) in [4.78, 5) is 26.1. The van der Waals surface area contributed by atoms with Crippen molar-refractivity contribution in [3.8, 4) is 0 Å². The van der Waals surface area contributed by atoms with Crippen molar-refractivity contribution in [2.24, 2.45) is 0 Å². The van der Waals surface area contributed by atoms with Crippen molar-refractivity contribution in [3.05, 3.63) is 62.5 Å². The number of likely N-dealkylation sites (N-methyl/N-ethyl adjacent to an activating group) is 1. The molecule has 0 saturated carbocycles. The molecule has 0 atom stereocenters. The molecule has 128 valence electrons. The van der Waals surface area contributed by atoms with E-state index in [1.165, 1.54) is 4.68 Å². The molecule has 0 fully saturated rings. The quantitative estimate of drug-likeness (QED) is 0.807. The zero-order valence-electron chi connectivity index (χ0n) is 14.3. The average molecular weight is 348 g/mol. The first kappa shape index (κ1) is 18.2. The Morgan fingerprint density at radius 3 is 2.50 bits per heavy atom. The third-order valence-corrected chi connectivity index (χ3v) is 4.40. The Kier molecular flexibility index (Phi) is 6.15. The lowest BCUT2D eigenvalue weighted by Gasteiger charge is -2.19. The van der Waals surface area contributed by atoms with E-state index in [2.05, 4.69) is 5.10 Å². The number of benzene rings is 1. The lowest BCUT2D eigenvalue weighted by atomic mass is 10.0. The van der Waals surface area contributed by atoms with E-state index in [-0.39, 0.29) is 18.0 Å². The van der Waals surface area contributed by atoms with Gasteiger partial charge >= 0.3 is 0 Å². The van der Waals surface area contributed by atoms with E-state index in [9.17, 15) is 9.59 Å². The van der Waals surface area contributed by atoms with Gasteiger partial charge in [-0.05, 0) is 38.0 Å². The molecule has 0 aliphatic heterocycles. The van der Waals surface area contributed by atoms with Crippen LogP contribution in [0.1, 0.15) is 30.7 Å². The van der Waals surface area contributed by atoms with Crippen LogP contribution in [0.25, 0.3) is 0 Å². The molecule has 0 radical (unpaired) electrons. The molecule has 0 saturated heterocycles. The number of nitrogens with zero attached hydrogens (tertiary/aromatic N) is 3. The lowest BCUT2D eigenvalue weighted by Crippen LogP contribution is -2.37. The van der Waals surface area contributed by atoms with Crippen LogP contribution >= 0.6 is 11.6 Å². The highest BCUT2D eigenvalue weighted by atomic mass is 35.5. The van der Waals surface area contributed by atoms with Crippen LogP contribution < -0.4 is 5.56 Å². The lowest BCUT2D eigenvalue weighted by molar-refractivity contribution is -0.131. The first-order valence-electron chi connectivity index (χ1n) is 8.05. The van der Waals surface area contributed by atoms with Crippen LogP contribution in [-0.2, 0) is 17.8 Å². The summed E-state index contributed by atoms with van der Waals surface area (Å²) in [6.07, 6.45) is 0.540. The molecule has 0 spiro atoms. The Hall–Kier alpha value is -2.14. The molecule has 24 heavy (non-hydrogen) atoms. The smallest absolute Gasteiger partial charge is 0.267 e. The summed E-state index contributed by atoms with van der Waals surface area (Å²) < 4.78 is 1.23. The van der Waals surface area contributed by atoms with Crippen LogP contribution in [0.15, 0.2) is 35.1 Å². The molecule has 2 aromatic rings. The molecule has 1 amide bonds. The van der Waals surface area contributed by atoms with Gasteiger partial charge < -0.3 is 4.90 Å². The summed E-state index contributed by atoms with van der Waals surface area (Å²) in [6, 6.07) is 9.07. The molecular formula is C18H22ClN3O2. The summed E-state index contributed by atoms with van der Waals surface area (Å²) in [5, 5.41) is 4.97. The number of aromatic nitrogens is 2. The van der Waals surface area contributed by atoms with E-state index < -0.39 is 0 Å². The Bertz CT molecular complexity index is 782. The van der Waals surface area contributed by atoms with Gasteiger partial charge in [0.1, 0.15) is 6.54 Å². The number of amides is 1. The van der Waals surface area contributed by atoms with Gasteiger partial charge in [-0.15, -0.1) is 0 Å². The highest BCUT2D eigenvalue weighted by Gasteiger charge is 2.14. The maximum atomic E-state index is 12.3. The first-order chi connectivity index (χ1) is 11.5. The SMILES string of the molecule is CCN(CC)C(=O)Cn1nc(C)c(Cc2ccccc2Cl)cc1=O. The van der Waals surface area contributed by atoms with Crippen molar-refractivity contribution in [2.75, 3.05) is 13.1 Å². The predicted molar refractivity (Wildman–Crippen MR) is 95.4 cm³/mol. The fourth-order valence-electron chi connectivity index (χ4n) is 2.57. The summed E-state index contributed by atoms with van der Waals surface area (Å²) in [6.45, 7) is 6.87. The van der Waals surface area contributed by atoms with Crippen LogP contribution in [0.3, 0.4) is 0 Å². The number of aryl methyl sites for hydroxylation is 1. The van der Waals surface area contributed by atoms with Gasteiger partial charge in [-0.25, -0.2) is 4.68 Å². The summed E-state index contributed by atoms with van der Waals surface area (Å²) >= 11 is 6.18. The maximum Gasteiger partial charge on any atom is 0.267 e. The highest BCUT2D eigenvalue weighted by molar-refractivity contribution is 6.31. The van der Waals surface area contributed by atoms with Gasteiger partial charge in [-0.3, -0.25) is 9.59 Å². The highest BCUT2D eigenvalue weighted by Crippen LogP contribution is 2.19. The van der Waals surface area contributed by atoms with E-state index in [4.69, 9.17) is 11.6 Å². The number of carbonyl (C=O) groups excluding carboxylic acids is 1. The van der Waals surface area contributed by atoms with E-state index >= 15 is 0 Å². The Morgan fingerprint density at radius 1 is 1.21 bits per heavy atom. The minimum absolute atomic E-state index is 0.0340. The fourth-order valence-corrected chi connectivity index (χ4v) is 2.77. The zero-order chi connectivity index (χ0) is 17.7. The standard InChI is InChI=1S/C18H22ClN3O2/c1-4-21(5-2)18(24)12-22-17(23)11-15(13(3)20-22)10-14-8-6-7-9-16(14)19/h6-9,11H,4-5,10,12H2,1-3H3. The number of carbonyl (C=O) groups is 1. The first-order valence-corrected chi connectivity index (χ1v) is 8.42. The Morgan fingerprint density at radius 2 is 1.88 bits per heavy atom. The second-order valence-corrected chi connectivity index (χ2v) is 5.99. The van der Waals surface area contributed by atoms with Crippen molar-refractivity contribution < 1.29 is 4.79 Å². The number of hydrogen-bond donors (Lipinski definition) is 0. The van der Waals surface area contributed by atoms with E-state index in [0.717, 1.165) is 16.8 Å². The molecule has 5 nitrogen and oxygen atoms in total. The Labute approximate surface area is 146 Å². The third-order valence-electron chi connectivity index (χ3n) is 4.03. The van der Waals surface area contributed by atoms with E-state index in [1.807, 2.05) is 45.0 Å². The molecule has 1 aromatic heterocycles.